The van der Waals surface area contributed by atoms with Crippen LogP contribution in [0.5, 0.6) is 0 Å². The molecule has 2 N–H and O–H groups in total. The van der Waals surface area contributed by atoms with Crippen molar-refractivity contribution < 1.29 is 9.63 Å². The van der Waals surface area contributed by atoms with Gasteiger partial charge in [-0.15, -0.1) is 0 Å². The minimum Gasteiger partial charge on any atom is -0.373 e. The first kappa shape index (κ1) is 11.2. The van der Waals surface area contributed by atoms with Crippen LogP contribution < -0.4 is 5.90 Å². The second-order valence-corrected chi connectivity index (χ2v) is 3.89. The molecule has 1 aromatic rings. The molecule has 0 aliphatic carbocycles. The van der Waals surface area contributed by atoms with Gasteiger partial charge in [-0.3, -0.25) is 4.79 Å². The number of carbonyl (C=O) groups is 1. The van der Waals surface area contributed by atoms with Crippen molar-refractivity contribution in [3.05, 3.63) is 34.3 Å². The molecular formula is C10H12BrNO2. The van der Waals surface area contributed by atoms with Crippen molar-refractivity contribution in [2.24, 2.45) is 5.90 Å². The van der Waals surface area contributed by atoms with E-state index in [0.29, 0.717) is 6.42 Å². The summed E-state index contributed by atoms with van der Waals surface area (Å²) in [4.78, 5) is 14.8. The summed E-state index contributed by atoms with van der Waals surface area (Å²) >= 11 is 3.36. The summed E-state index contributed by atoms with van der Waals surface area (Å²) in [6.07, 6.45) is 1.99. The molecule has 0 aliphatic heterocycles. The molecule has 0 aliphatic rings. The Balaban J connectivity index is 2.31. The van der Waals surface area contributed by atoms with Crippen LogP contribution in [0.15, 0.2) is 28.7 Å². The molecule has 0 heterocycles. The molecule has 0 saturated carbocycles. The van der Waals surface area contributed by atoms with Crippen molar-refractivity contribution in [3.63, 3.8) is 0 Å². The smallest absolute Gasteiger partial charge is 0.324 e. The van der Waals surface area contributed by atoms with Gasteiger partial charge in [-0.1, -0.05) is 28.1 Å². The van der Waals surface area contributed by atoms with Crippen molar-refractivity contribution in [1.29, 1.82) is 0 Å². The quantitative estimate of drug-likeness (QED) is 0.842. The van der Waals surface area contributed by atoms with Gasteiger partial charge in [0.05, 0.1) is 0 Å². The number of hydrogen-bond acceptors (Lipinski definition) is 3. The van der Waals surface area contributed by atoms with Gasteiger partial charge >= 0.3 is 5.97 Å². The van der Waals surface area contributed by atoms with Crippen LogP contribution in [0.3, 0.4) is 0 Å². The van der Waals surface area contributed by atoms with Gasteiger partial charge in [-0.2, -0.15) is 5.90 Å². The van der Waals surface area contributed by atoms with Gasteiger partial charge in [-0.05, 0) is 30.5 Å². The Morgan fingerprint density at radius 2 is 2.00 bits per heavy atom. The molecule has 0 atom stereocenters. The predicted molar refractivity (Wildman–Crippen MR) is 57.4 cm³/mol. The van der Waals surface area contributed by atoms with E-state index in [9.17, 15) is 4.79 Å². The van der Waals surface area contributed by atoms with Crippen LogP contribution in [0.4, 0.5) is 0 Å². The van der Waals surface area contributed by atoms with Crippen LogP contribution in [0.1, 0.15) is 18.4 Å². The molecule has 14 heavy (non-hydrogen) atoms. The molecule has 0 unspecified atom stereocenters. The van der Waals surface area contributed by atoms with Gasteiger partial charge in [0.2, 0.25) is 0 Å². The average molecular weight is 258 g/mol. The number of hydrogen-bond donors (Lipinski definition) is 1. The maximum Gasteiger partial charge on any atom is 0.324 e. The number of benzene rings is 1. The third-order valence-electron chi connectivity index (χ3n) is 1.89. The average Bonchev–Trinajstić information content (AvgIpc) is 2.21. The van der Waals surface area contributed by atoms with Crippen LogP contribution in [0, 0.1) is 0 Å². The van der Waals surface area contributed by atoms with Crippen molar-refractivity contribution in [2.75, 3.05) is 0 Å². The minimum absolute atomic E-state index is 0.359. The standard InChI is InChI=1S/C10H12BrNO2/c11-9-6-4-8(5-7-9)2-1-3-10(13)14-12/h4-7H,1-3,12H2. The van der Waals surface area contributed by atoms with Gasteiger partial charge in [0.15, 0.2) is 0 Å². The summed E-state index contributed by atoms with van der Waals surface area (Å²) < 4.78 is 1.06. The fourth-order valence-electron chi connectivity index (χ4n) is 1.15. The zero-order valence-corrected chi connectivity index (χ0v) is 9.29. The Labute approximate surface area is 91.3 Å². The van der Waals surface area contributed by atoms with E-state index in [1.54, 1.807) is 0 Å². The zero-order valence-electron chi connectivity index (χ0n) is 7.70. The van der Waals surface area contributed by atoms with Gasteiger partial charge in [-0.25, -0.2) is 0 Å². The largest absolute Gasteiger partial charge is 0.373 e. The van der Waals surface area contributed by atoms with Gasteiger partial charge in [0, 0.05) is 10.9 Å². The van der Waals surface area contributed by atoms with Crippen LogP contribution in [-0.4, -0.2) is 5.97 Å². The van der Waals surface area contributed by atoms with Crippen molar-refractivity contribution >= 4 is 21.9 Å². The van der Waals surface area contributed by atoms with Crippen LogP contribution >= 0.6 is 15.9 Å². The second-order valence-electron chi connectivity index (χ2n) is 2.97. The highest BCUT2D eigenvalue weighted by Crippen LogP contribution is 2.12. The lowest BCUT2D eigenvalue weighted by molar-refractivity contribution is -0.144. The van der Waals surface area contributed by atoms with Crippen LogP contribution in [0.25, 0.3) is 0 Å². The predicted octanol–water partition coefficient (Wildman–Crippen LogP) is 2.19. The number of rotatable bonds is 4. The SMILES string of the molecule is NOC(=O)CCCc1ccc(Br)cc1. The fraction of sp³-hybridized carbons (Fsp3) is 0.300. The van der Waals surface area contributed by atoms with E-state index in [1.165, 1.54) is 5.56 Å². The Bertz CT molecular complexity index is 297. The van der Waals surface area contributed by atoms with E-state index >= 15 is 0 Å². The van der Waals surface area contributed by atoms with Crippen LogP contribution in [-0.2, 0) is 16.1 Å². The van der Waals surface area contributed by atoms with E-state index in [4.69, 9.17) is 5.90 Å². The zero-order chi connectivity index (χ0) is 10.4. The van der Waals surface area contributed by atoms with E-state index in [1.807, 2.05) is 24.3 Å². The van der Waals surface area contributed by atoms with Gasteiger partial charge in [0.25, 0.3) is 0 Å². The number of halogens is 1. The summed E-state index contributed by atoms with van der Waals surface area (Å²) in [7, 11) is 0. The summed E-state index contributed by atoms with van der Waals surface area (Å²) in [6, 6.07) is 8.02. The Morgan fingerprint density at radius 3 is 2.57 bits per heavy atom. The van der Waals surface area contributed by atoms with E-state index in [-0.39, 0.29) is 5.97 Å². The molecule has 3 nitrogen and oxygen atoms in total. The monoisotopic (exact) mass is 257 g/mol. The maximum absolute atomic E-state index is 10.7. The van der Waals surface area contributed by atoms with Crippen LogP contribution in [0.2, 0.25) is 0 Å². The topological polar surface area (TPSA) is 52.3 Å². The van der Waals surface area contributed by atoms with Crippen molar-refractivity contribution in [1.82, 2.24) is 0 Å². The molecule has 0 spiro atoms. The lowest BCUT2D eigenvalue weighted by atomic mass is 10.1. The summed E-state index contributed by atoms with van der Waals surface area (Å²) in [5, 5.41) is 0. The van der Waals surface area contributed by atoms with Gasteiger partial charge < -0.3 is 4.84 Å². The first-order valence-electron chi connectivity index (χ1n) is 4.36. The lowest BCUT2D eigenvalue weighted by Gasteiger charge is -2.00. The molecule has 4 heteroatoms. The Kier molecular flexibility index (Phi) is 4.62. The highest BCUT2D eigenvalue weighted by molar-refractivity contribution is 9.10. The molecule has 0 saturated heterocycles. The van der Waals surface area contributed by atoms with E-state index in [2.05, 4.69) is 20.8 Å². The number of carbonyl (C=O) groups excluding carboxylic acids is 1. The molecule has 0 aromatic heterocycles. The van der Waals surface area contributed by atoms with Crippen molar-refractivity contribution in [2.45, 2.75) is 19.3 Å². The highest BCUT2D eigenvalue weighted by Gasteiger charge is 2.00. The summed E-state index contributed by atoms with van der Waals surface area (Å²) in [5.41, 5.74) is 1.21. The molecular weight excluding hydrogens is 246 g/mol. The maximum atomic E-state index is 10.7. The first-order valence-corrected chi connectivity index (χ1v) is 5.15. The Morgan fingerprint density at radius 1 is 1.36 bits per heavy atom. The molecule has 0 bridgehead atoms. The third kappa shape index (κ3) is 3.89. The normalized spacial score (nSPS) is 9.86. The van der Waals surface area contributed by atoms with Gasteiger partial charge in [0.1, 0.15) is 0 Å². The fourth-order valence-corrected chi connectivity index (χ4v) is 1.41. The molecule has 0 radical (unpaired) electrons. The second kappa shape index (κ2) is 5.78. The van der Waals surface area contributed by atoms with E-state index < -0.39 is 0 Å². The summed E-state index contributed by atoms with van der Waals surface area (Å²) in [6.45, 7) is 0. The first-order chi connectivity index (χ1) is 6.72. The molecule has 0 amide bonds. The highest BCUT2D eigenvalue weighted by atomic mass is 79.9. The Hall–Kier alpha value is -0.870. The number of nitrogens with two attached hydrogens (primary N) is 1. The molecule has 76 valence electrons. The summed E-state index contributed by atoms with van der Waals surface area (Å²) in [5.74, 6) is 4.36. The van der Waals surface area contributed by atoms with Crippen molar-refractivity contribution in [3.8, 4) is 0 Å². The lowest BCUT2D eigenvalue weighted by Crippen LogP contribution is -2.09. The molecule has 1 aromatic carbocycles. The minimum atomic E-state index is -0.359. The third-order valence-corrected chi connectivity index (χ3v) is 2.42. The number of aryl methyl sites for hydroxylation is 1. The molecule has 1 rings (SSSR count). The molecule has 0 fully saturated rings. The van der Waals surface area contributed by atoms with E-state index in [0.717, 1.165) is 17.3 Å².